The number of methoxy groups -OCH3 is 1. The fourth-order valence-electron chi connectivity index (χ4n) is 3.48. The number of halogens is 1. The van der Waals surface area contributed by atoms with Gasteiger partial charge in [0.1, 0.15) is 25.4 Å². The van der Waals surface area contributed by atoms with Gasteiger partial charge in [0.05, 0.1) is 31.1 Å². The number of ether oxygens (including phenoxy) is 2. The summed E-state index contributed by atoms with van der Waals surface area (Å²) in [5.41, 5.74) is 1.59. The summed E-state index contributed by atoms with van der Waals surface area (Å²) in [5, 5.41) is 12.8. The molecule has 1 aliphatic rings. The largest absolute Gasteiger partial charge is 0.495 e. The van der Waals surface area contributed by atoms with E-state index < -0.39 is 0 Å². The Kier molecular flexibility index (Phi) is 7.64. The first-order chi connectivity index (χ1) is 15.6. The summed E-state index contributed by atoms with van der Waals surface area (Å²) in [6.07, 6.45) is 0. The van der Waals surface area contributed by atoms with Crippen LogP contribution in [0.1, 0.15) is 5.82 Å². The van der Waals surface area contributed by atoms with E-state index in [0.717, 1.165) is 44.4 Å². The normalized spacial score (nSPS) is 14.3. The fourth-order valence-corrected chi connectivity index (χ4v) is 4.50. The first-order valence-corrected chi connectivity index (χ1v) is 11.7. The van der Waals surface area contributed by atoms with Crippen LogP contribution in [0.15, 0.2) is 53.7 Å². The molecule has 1 saturated heterocycles. The van der Waals surface area contributed by atoms with Crippen LogP contribution in [0.5, 0.6) is 5.75 Å². The van der Waals surface area contributed by atoms with E-state index in [4.69, 9.17) is 21.1 Å². The lowest BCUT2D eigenvalue weighted by Gasteiger charge is -2.23. The molecule has 0 bridgehead atoms. The molecule has 3 aromatic rings. The van der Waals surface area contributed by atoms with Gasteiger partial charge in [-0.15, -0.1) is 10.2 Å². The van der Waals surface area contributed by atoms with Crippen LogP contribution in [0.4, 0.5) is 5.69 Å². The van der Waals surface area contributed by atoms with Gasteiger partial charge in [-0.1, -0.05) is 41.6 Å². The maximum Gasteiger partial charge on any atom is 0.234 e. The van der Waals surface area contributed by atoms with Crippen molar-refractivity contribution in [1.29, 1.82) is 0 Å². The number of carbonyl (C=O) groups is 1. The topological polar surface area (TPSA) is 82.7 Å². The SMILES string of the molecule is COc1ccc(NC(=O)CSc2nnc(C[NH+]3CCOCC3)n2-c2ccccc2)cc1Cl. The number of morpholine rings is 1. The maximum atomic E-state index is 12.5. The molecule has 0 atom stereocenters. The van der Waals surface area contributed by atoms with Crippen LogP contribution in [-0.2, 0) is 16.1 Å². The quantitative estimate of drug-likeness (QED) is 0.486. The number of thioether (sulfide) groups is 1. The van der Waals surface area contributed by atoms with Crippen molar-refractivity contribution in [1.82, 2.24) is 14.8 Å². The molecule has 0 radical (unpaired) electrons. The summed E-state index contributed by atoms with van der Waals surface area (Å²) >= 11 is 7.49. The number of hydrogen-bond donors (Lipinski definition) is 2. The first kappa shape index (κ1) is 22.6. The van der Waals surface area contributed by atoms with Crippen LogP contribution in [-0.4, -0.2) is 59.8 Å². The number of hydrogen-bond acceptors (Lipinski definition) is 6. The Morgan fingerprint density at radius 3 is 2.72 bits per heavy atom. The Hall–Kier alpha value is -2.59. The predicted molar refractivity (Wildman–Crippen MR) is 124 cm³/mol. The summed E-state index contributed by atoms with van der Waals surface area (Å²) in [6.45, 7) is 4.15. The van der Waals surface area contributed by atoms with Gasteiger partial charge in [-0.25, -0.2) is 0 Å². The zero-order valence-electron chi connectivity index (χ0n) is 17.7. The number of nitrogens with one attached hydrogen (secondary N) is 2. The fraction of sp³-hybridized carbons (Fsp3) is 0.318. The highest BCUT2D eigenvalue weighted by Crippen LogP contribution is 2.27. The number of amides is 1. The lowest BCUT2D eigenvalue weighted by atomic mass is 10.3. The van der Waals surface area contributed by atoms with Gasteiger partial charge < -0.3 is 19.7 Å². The van der Waals surface area contributed by atoms with Crippen LogP contribution in [0.3, 0.4) is 0 Å². The summed E-state index contributed by atoms with van der Waals surface area (Å²) in [7, 11) is 1.55. The molecule has 0 saturated carbocycles. The van der Waals surface area contributed by atoms with Crippen LogP contribution in [0.25, 0.3) is 5.69 Å². The number of nitrogens with zero attached hydrogens (tertiary/aromatic N) is 3. The molecule has 1 aromatic heterocycles. The first-order valence-electron chi connectivity index (χ1n) is 10.3. The van der Waals surface area contributed by atoms with E-state index in [1.807, 2.05) is 34.9 Å². The van der Waals surface area contributed by atoms with Crippen molar-refractivity contribution in [2.75, 3.05) is 44.5 Å². The lowest BCUT2D eigenvalue weighted by Crippen LogP contribution is -3.12. The highest BCUT2D eigenvalue weighted by atomic mass is 35.5. The van der Waals surface area contributed by atoms with Gasteiger partial charge in [0, 0.05) is 11.4 Å². The van der Waals surface area contributed by atoms with E-state index in [-0.39, 0.29) is 11.7 Å². The highest BCUT2D eigenvalue weighted by Gasteiger charge is 2.22. The third kappa shape index (κ3) is 5.60. The Labute approximate surface area is 195 Å². The van der Waals surface area contributed by atoms with Gasteiger partial charge in [-0.05, 0) is 30.3 Å². The minimum atomic E-state index is -0.154. The minimum Gasteiger partial charge on any atom is -0.495 e. The van der Waals surface area contributed by atoms with Crippen molar-refractivity contribution in [2.45, 2.75) is 11.7 Å². The standard InChI is InChI=1S/C22H24ClN5O3S/c1-30-19-8-7-16(13-18(19)23)24-21(29)15-32-22-26-25-20(14-27-9-11-31-12-10-27)28(22)17-5-3-2-4-6-17/h2-8,13H,9-12,14-15H2,1H3,(H,24,29)/p+1. The van der Waals surface area contributed by atoms with Crippen molar-refractivity contribution in [3.8, 4) is 11.4 Å². The van der Waals surface area contributed by atoms with Crippen LogP contribution in [0, 0.1) is 0 Å². The lowest BCUT2D eigenvalue weighted by molar-refractivity contribution is -0.922. The predicted octanol–water partition coefficient (Wildman–Crippen LogP) is 2.08. The number of para-hydroxylation sites is 1. The number of carbonyl (C=O) groups excluding carboxylic acids is 1. The summed E-state index contributed by atoms with van der Waals surface area (Å²) < 4.78 is 12.6. The second-order valence-corrected chi connectivity index (χ2v) is 8.64. The van der Waals surface area contributed by atoms with Gasteiger partial charge >= 0.3 is 0 Å². The van der Waals surface area contributed by atoms with Gasteiger partial charge in [0.2, 0.25) is 5.91 Å². The Morgan fingerprint density at radius 1 is 1.22 bits per heavy atom. The Balaban J connectivity index is 1.46. The molecule has 1 amide bonds. The number of aromatic nitrogens is 3. The van der Waals surface area contributed by atoms with E-state index in [0.29, 0.717) is 21.6 Å². The van der Waals surface area contributed by atoms with E-state index in [2.05, 4.69) is 15.5 Å². The molecule has 10 heteroatoms. The van der Waals surface area contributed by atoms with E-state index >= 15 is 0 Å². The zero-order chi connectivity index (χ0) is 22.3. The average molecular weight is 475 g/mol. The molecule has 2 N–H and O–H groups in total. The van der Waals surface area contributed by atoms with Crippen molar-refractivity contribution in [3.05, 3.63) is 59.4 Å². The number of anilines is 1. The van der Waals surface area contributed by atoms with Crippen LogP contribution in [0.2, 0.25) is 5.02 Å². The second kappa shape index (κ2) is 10.8. The molecule has 1 fully saturated rings. The molecule has 8 nitrogen and oxygen atoms in total. The summed E-state index contributed by atoms with van der Waals surface area (Å²) in [4.78, 5) is 14.0. The van der Waals surface area contributed by atoms with Crippen molar-refractivity contribution >= 4 is 35.0 Å². The van der Waals surface area contributed by atoms with E-state index in [1.54, 1.807) is 25.3 Å². The van der Waals surface area contributed by atoms with Gasteiger partial charge in [-0.2, -0.15) is 0 Å². The molecule has 0 spiro atoms. The number of rotatable bonds is 8. The average Bonchev–Trinajstić information content (AvgIpc) is 3.21. The van der Waals surface area contributed by atoms with Gasteiger partial charge in [0.25, 0.3) is 0 Å². The summed E-state index contributed by atoms with van der Waals surface area (Å²) in [6, 6.07) is 15.1. The Bertz CT molecular complexity index is 1060. The molecule has 4 rings (SSSR count). The highest BCUT2D eigenvalue weighted by molar-refractivity contribution is 7.99. The summed E-state index contributed by atoms with van der Waals surface area (Å²) in [5.74, 6) is 1.47. The number of benzene rings is 2. The Morgan fingerprint density at radius 2 is 2.00 bits per heavy atom. The monoisotopic (exact) mass is 474 g/mol. The molecule has 0 aliphatic carbocycles. The van der Waals surface area contributed by atoms with Crippen molar-refractivity contribution < 1.29 is 19.2 Å². The molecule has 0 unspecified atom stereocenters. The molecular weight excluding hydrogens is 450 g/mol. The van der Waals surface area contributed by atoms with Crippen LogP contribution >= 0.6 is 23.4 Å². The van der Waals surface area contributed by atoms with Crippen LogP contribution < -0.4 is 15.0 Å². The smallest absolute Gasteiger partial charge is 0.234 e. The van der Waals surface area contributed by atoms with Crippen molar-refractivity contribution in [2.24, 2.45) is 0 Å². The maximum absolute atomic E-state index is 12.5. The molecule has 32 heavy (non-hydrogen) atoms. The minimum absolute atomic E-state index is 0.154. The molecule has 2 heterocycles. The number of quaternary nitrogens is 1. The molecule has 1 aliphatic heterocycles. The third-order valence-electron chi connectivity index (χ3n) is 5.09. The van der Waals surface area contributed by atoms with Gasteiger partial charge in [-0.3, -0.25) is 9.36 Å². The molecule has 168 valence electrons. The van der Waals surface area contributed by atoms with Gasteiger partial charge in [0.15, 0.2) is 11.0 Å². The van der Waals surface area contributed by atoms with Crippen molar-refractivity contribution in [3.63, 3.8) is 0 Å². The zero-order valence-corrected chi connectivity index (χ0v) is 19.3. The molecule has 2 aromatic carbocycles. The molecular formula is C22H25ClN5O3S+. The van der Waals surface area contributed by atoms with E-state index in [9.17, 15) is 4.79 Å². The second-order valence-electron chi connectivity index (χ2n) is 7.30. The van der Waals surface area contributed by atoms with E-state index in [1.165, 1.54) is 16.7 Å². The third-order valence-corrected chi connectivity index (χ3v) is 6.32.